The Kier molecular flexibility index (Phi) is 2.18. The van der Waals surface area contributed by atoms with Gasteiger partial charge in [0.1, 0.15) is 4.21 Å². The van der Waals surface area contributed by atoms with E-state index in [9.17, 15) is 13.2 Å². The maximum Gasteiger partial charge on any atom is 0.247 e. The van der Waals surface area contributed by atoms with E-state index in [1.807, 2.05) is 0 Å². The quantitative estimate of drug-likeness (QED) is 0.815. The molecule has 0 amide bonds. The van der Waals surface area contributed by atoms with E-state index < -0.39 is 10.0 Å². The van der Waals surface area contributed by atoms with Gasteiger partial charge in [-0.15, -0.1) is 22.7 Å². The molecule has 0 spiro atoms. The molecule has 0 aromatic carbocycles. The van der Waals surface area contributed by atoms with Crippen molar-refractivity contribution in [2.45, 2.75) is 4.21 Å². The fourth-order valence-electron chi connectivity index (χ4n) is 1.03. The number of hydrogen-bond donors (Lipinski definition) is 1. The Morgan fingerprint density at radius 2 is 2.00 bits per heavy atom. The lowest BCUT2D eigenvalue weighted by Crippen LogP contribution is -2.09. The Morgan fingerprint density at radius 3 is 2.50 bits per heavy atom. The first-order valence-corrected chi connectivity index (χ1v) is 6.70. The van der Waals surface area contributed by atoms with Crippen molar-refractivity contribution in [1.82, 2.24) is 0 Å². The van der Waals surface area contributed by atoms with E-state index in [4.69, 9.17) is 5.14 Å². The lowest BCUT2D eigenvalue weighted by atomic mass is 10.4. The number of primary sulfonamides is 1. The number of nitrogens with two attached hydrogens (primary N) is 1. The first-order chi connectivity index (χ1) is 6.50. The zero-order valence-electron chi connectivity index (χ0n) is 6.76. The van der Waals surface area contributed by atoms with Crippen LogP contribution >= 0.6 is 22.7 Å². The van der Waals surface area contributed by atoms with Crippen molar-refractivity contribution >= 4 is 48.4 Å². The molecule has 0 saturated carbocycles. The normalized spacial score (nSPS) is 12.1. The molecule has 0 aliphatic carbocycles. The summed E-state index contributed by atoms with van der Waals surface area (Å²) in [5.41, 5.74) is 0. The molecule has 0 saturated heterocycles. The number of carbonyl (C=O) groups is 1. The molecule has 0 unspecified atom stereocenters. The highest BCUT2D eigenvalue weighted by molar-refractivity contribution is 7.91. The Hall–Kier alpha value is -0.760. The molecule has 0 bridgehead atoms. The van der Waals surface area contributed by atoms with Crippen LogP contribution in [0, 0.1) is 0 Å². The average molecular weight is 247 g/mol. The molecule has 0 atom stereocenters. The van der Waals surface area contributed by atoms with Gasteiger partial charge >= 0.3 is 0 Å². The third-order valence-electron chi connectivity index (χ3n) is 1.61. The van der Waals surface area contributed by atoms with Crippen LogP contribution < -0.4 is 5.14 Å². The van der Waals surface area contributed by atoms with Crippen molar-refractivity contribution in [2.75, 3.05) is 0 Å². The van der Waals surface area contributed by atoms with Gasteiger partial charge in [0.2, 0.25) is 10.0 Å². The second-order valence-electron chi connectivity index (χ2n) is 2.62. The molecule has 14 heavy (non-hydrogen) atoms. The van der Waals surface area contributed by atoms with Gasteiger partial charge in [-0.25, -0.2) is 13.6 Å². The van der Waals surface area contributed by atoms with Crippen LogP contribution in [0.1, 0.15) is 9.67 Å². The first-order valence-electron chi connectivity index (χ1n) is 3.52. The van der Waals surface area contributed by atoms with Gasteiger partial charge < -0.3 is 0 Å². The van der Waals surface area contributed by atoms with Crippen LogP contribution in [-0.2, 0) is 10.0 Å². The van der Waals surface area contributed by atoms with E-state index in [1.54, 1.807) is 6.07 Å². The third kappa shape index (κ3) is 1.59. The van der Waals surface area contributed by atoms with E-state index >= 15 is 0 Å². The Morgan fingerprint density at radius 1 is 1.29 bits per heavy atom. The molecule has 2 N–H and O–H groups in total. The molecular weight excluding hydrogens is 242 g/mol. The van der Waals surface area contributed by atoms with Gasteiger partial charge in [0.25, 0.3) is 0 Å². The predicted octanol–water partition coefficient (Wildman–Crippen LogP) is 1.42. The van der Waals surface area contributed by atoms with Crippen LogP contribution in [0.5, 0.6) is 0 Å². The number of sulfonamides is 1. The Balaban J connectivity index is 2.66. The summed E-state index contributed by atoms with van der Waals surface area (Å²) in [6.07, 6.45) is 0.744. The minimum atomic E-state index is -3.62. The van der Waals surface area contributed by atoms with E-state index in [-0.39, 0.29) is 4.21 Å². The highest BCUT2D eigenvalue weighted by Crippen LogP contribution is 2.34. The lowest BCUT2D eigenvalue weighted by Gasteiger charge is -1.87. The molecule has 2 rings (SSSR count). The van der Waals surface area contributed by atoms with Crippen molar-refractivity contribution in [3.63, 3.8) is 0 Å². The van der Waals surface area contributed by atoms with E-state index in [1.165, 1.54) is 17.4 Å². The van der Waals surface area contributed by atoms with E-state index in [2.05, 4.69) is 0 Å². The summed E-state index contributed by atoms with van der Waals surface area (Å²) in [5, 5.41) is 5.72. The first kappa shape index (κ1) is 9.78. The second-order valence-corrected chi connectivity index (χ2v) is 6.80. The van der Waals surface area contributed by atoms with Crippen molar-refractivity contribution in [1.29, 1.82) is 0 Å². The molecule has 0 aliphatic heterocycles. The molecule has 7 heteroatoms. The van der Waals surface area contributed by atoms with Crippen LogP contribution in [-0.4, -0.2) is 14.7 Å². The highest BCUT2D eigenvalue weighted by Gasteiger charge is 2.14. The summed E-state index contributed by atoms with van der Waals surface area (Å²) in [5.74, 6) is 0. The van der Waals surface area contributed by atoms with Gasteiger partial charge in [-0.2, -0.15) is 0 Å². The summed E-state index contributed by atoms with van der Waals surface area (Å²) in [4.78, 5) is 11.0. The summed E-state index contributed by atoms with van der Waals surface area (Å²) in [6.45, 7) is 0. The molecule has 2 heterocycles. The minimum absolute atomic E-state index is 0.135. The number of hydrogen-bond acceptors (Lipinski definition) is 5. The number of rotatable bonds is 2. The second kappa shape index (κ2) is 3.13. The standard InChI is InChI=1S/C7H5NO3S3/c8-14(10,11)6-2-4-1-5(3-9)12-7(4)13-6/h1-3H,(H2,8,10,11). The summed E-state index contributed by atoms with van der Waals surface area (Å²) >= 11 is 2.35. The van der Waals surface area contributed by atoms with Crippen LogP contribution in [0.2, 0.25) is 0 Å². The van der Waals surface area contributed by atoms with Gasteiger partial charge in [0.15, 0.2) is 6.29 Å². The van der Waals surface area contributed by atoms with Crippen LogP contribution in [0.3, 0.4) is 0 Å². The average Bonchev–Trinajstić information content (AvgIpc) is 2.56. The number of aldehydes is 1. The summed E-state index contributed by atoms with van der Waals surface area (Å²) < 4.78 is 22.9. The molecule has 2 aromatic heterocycles. The van der Waals surface area contributed by atoms with Crippen molar-refractivity contribution < 1.29 is 13.2 Å². The zero-order chi connectivity index (χ0) is 10.3. The summed E-state index contributed by atoms with van der Waals surface area (Å²) in [6, 6.07) is 3.14. The Bertz CT molecular complexity index is 561. The Labute approximate surface area is 88.0 Å². The van der Waals surface area contributed by atoms with Gasteiger partial charge in [-0.05, 0) is 12.1 Å². The minimum Gasteiger partial charge on any atom is -0.297 e. The maximum absolute atomic E-state index is 11.0. The largest absolute Gasteiger partial charge is 0.297 e. The highest BCUT2D eigenvalue weighted by atomic mass is 32.2. The number of thiophene rings is 2. The number of carbonyl (C=O) groups excluding carboxylic acids is 1. The van der Waals surface area contributed by atoms with E-state index in [0.29, 0.717) is 4.88 Å². The van der Waals surface area contributed by atoms with Crippen molar-refractivity contribution in [3.8, 4) is 0 Å². The van der Waals surface area contributed by atoms with Crippen LogP contribution in [0.4, 0.5) is 0 Å². The summed E-state index contributed by atoms with van der Waals surface area (Å²) in [7, 11) is -3.62. The molecular formula is C7H5NO3S3. The monoisotopic (exact) mass is 247 g/mol. The van der Waals surface area contributed by atoms with Gasteiger partial charge in [-0.3, -0.25) is 4.79 Å². The molecule has 0 radical (unpaired) electrons. The SMILES string of the molecule is NS(=O)(=O)c1cc2cc(C=O)sc2s1. The fraction of sp³-hybridized carbons (Fsp3) is 0. The molecule has 0 fully saturated rings. The lowest BCUT2D eigenvalue weighted by molar-refractivity contribution is 0.112. The fourth-order valence-corrected chi connectivity index (χ4v) is 4.21. The van der Waals surface area contributed by atoms with Gasteiger partial charge in [-0.1, -0.05) is 0 Å². The van der Waals surface area contributed by atoms with Gasteiger partial charge in [0.05, 0.1) is 8.89 Å². The number of fused-ring (bicyclic) bond motifs is 1. The van der Waals surface area contributed by atoms with Crippen LogP contribution in [0.15, 0.2) is 16.3 Å². The zero-order valence-corrected chi connectivity index (χ0v) is 9.21. The maximum atomic E-state index is 11.0. The van der Waals surface area contributed by atoms with Crippen molar-refractivity contribution in [2.24, 2.45) is 5.14 Å². The van der Waals surface area contributed by atoms with Crippen molar-refractivity contribution in [3.05, 3.63) is 17.0 Å². The molecule has 2 aromatic rings. The molecule has 74 valence electrons. The van der Waals surface area contributed by atoms with E-state index in [0.717, 1.165) is 27.0 Å². The van der Waals surface area contributed by atoms with Gasteiger partial charge in [0, 0.05) is 5.39 Å². The smallest absolute Gasteiger partial charge is 0.247 e. The van der Waals surface area contributed by atoms with Crippen LogP contribution in [0.25, 0.3) is 9.40 Å². The topological polar surface area (TPSA) is 77.2 Å². The molecule has 0 aliphatic rings. The molecule has 4 nitrogen and oxygen atoms in total. The third-order valence-corrected chi connectivity index (χ3v) is 5.34. The predicted molar refractivity (Wildman–Crippen MR) is 56.5 cm³/mol.